The lowest BCUT2D eigenvalue weighted by Crippen LogP contribution is -2.48. The molecule has 0 spiro atoms. The number of nitrogens with one attached hydrogen (secondary N) is 1. The standard InChI is InChI=1S/C25H31F3N4O2/c1-31(2)21-8-6-17(7-9-21)16-32-11-10-18(13-22(32)14-29)23(33)15-30-24(34)19-4-3-5-20(12-19)25(26,27)28/h3-9,12,18,22H,10-11,13-16,29H2,1-2H3,(H,30,34). The maximum atomic E-state index is 12.9. The van der Waals surface area contributed by atoms with Gasteiger partial charge in [0.15, 0.2) is 5.78 Å². The first-order valence-corrected chi connectivity index (χ1v) is 11.3. The van der Waals surface area contributed by atoms with Gasteiger partial charge < -0.3 is 16.0 Å². The molecule has 2 atom stereocenters. The number of anilines is 1. The molecule has 6 nitrogen and oxygen atoms in total. The van der Waals surface area contributed by atoms with Crippen LogP contribution < -0.4 is 16.0 Å². The van der Waals surface area contributed by atoms with Crippen LogP contribution in [0.15, 0.2) is 48.5 Å². The second kappa shape index (κ2) is 11.0. The summed E-state index contributed by atoms with van der Waals surface area (Å²) in [7, 11) is 3.98. The molecule has 2 aromatic rings. The highest BCUT2D eigenvalue weighted by Crippen LogP contribution is 2.29. The average molecular weight is 477 g/mol. The number of hydrogen-bond acceptors (Lipinski definition) is 5. The zero-order valence-electron chi connectivity index (χ0n) is 19.4. The minimum atomic E-state index is -4.54. The predicted octanol–water partition coefficient (Wildman–Crippen LogP) is 3.31. The third-order valence-electron chi connectivity index (χ3n) is 6.28. The van der Waals surface area contributed by atoms with E-state index in [-0.39, 0.29) is 29.9 Å². The molecule has 0 aliphatic carbocycles. The lowest BCUT2D eigenvalue weighted by atomic mass is 9.87. The molecular formula is C25H31F3N4O2. The molecule has 184 valence electrons. The molecule has 3 N–H and O–H groups in total. The van der Waals surface area contributed by atoms with Crippen molar-refractivity contribution < 1.29 is 22.8 Å². The number of likely N-dealkylation sites (tertiary alicyclic amines) is 1. The van der Waals surface area contributed by atoms with Crippen LogP contribution in [0.25, 0.3) is 0 Å². The molecule has 1 amide bonds. The molecule has 2 unspecified atom stereocenters. The van der Waals surface area contributed by atoms with Crippen LogP contribution in [0.1, 0.15) is 34.3 Å². The first kappa shape index (κ1) is 25.7. The number of benzene rings is 2. The normalized spacial score (nSPS) is 19.0. The Morgan fingerprint density at radius 3 is 2.47 bits per heavy atom. The third kappa shape index (κ3) is 6.57. The lowest BCUT2D eigenvalue weighted by molar-refractivity contribution is -0.137. The number of carbonyl (C=O) groups excluding carboxylic acids is 2. The summed E-state index contributed by atoms with van der Waals surface area (Å²) in [6.45, 7) is 1.64. The molecule has 0 saturated carbocycles. The molecule has 0 aromatic heterocycles. The Morgan fingerprint density at radius 2 is 1.85 bits per heavy atom. The van der Waals surface area contributed by atoms with Crippen LogP contribution in [0.3, 0.4) is 0 Å². The monoisotopic (exact) mass is 476 g/mol. The van der Waals surface area contributed by atoms with E-state index in [1.807, 2.05) is 19.0 Å². The van der Waals surface area contributed by atoms with Crippen LogP contribution >= 0.6 is 0 Å². The summed E-state index contributed by atoms with van der Waals surface area (Å²) < 4.78 is 38.6. The van der Waals surface area contributed by atoms with E-state index in [0.29, 0.717) is 25.9 Å². The fraction of sp³-hybridized carbons (Fsp3) is 0.440. The zero-order valence-corrected chi connectivity index (χ0v) is 19.4. The Kier molecular flexibility index (Phi) is 8.33. The predicted molar refractivity (Wildman–Crippen MR) is 126 cm³/mol. The molecular weight excluding hydrogens is 445 g/mol. The molecule has 34 heavy (non-hydrogen) atoms. The van der Waals surface area contributed by atoms with Gasteiger partial charge in [0.25, 0.3) is 5.91 Å². The van der Waals surface area contributed by atoms with Gasteiger partial charge in [-0.15, -0.1) is 0 Å². The fourth-order valence-corrected chi connectivity index (χ4v) is 4.23. The Hall–Kier alpha value is -2.91. The second-order valence-corrected chi connectivity index (χ2v) is 8.87. The number of ketones is 1. The summed E-state index contributed by atoms with van der Waals surface area (Å²) in [4.78, 5) is 29.3. The molecule has 1 heterocycles. The number of alkyl halides is 3. The van der Waals surface area contributed by atoms with Crippen LogP contribution in [0.5, 0.6) is 0 Å². The Morgan fingerprint density at radius 1 is 1.15 bits per heavy atom. The number of amides is 1. The largest absolute Gasteiger partial charge is 0.416 e. The highest BCUT2D eigenvalue weighted by atomic mass is 19.4. The van der Waals surface area contributed by atoms with E-state index in [0.717, 1.165) is 24.4 Å². The van der Waals surface area contributed by atoms with Gasteiger partial charge in [-0.1, -0.05) is 18.2 Å². The van der Waals surface area contributed by atoms with Gasteiger partial charge >= 0.3 is 6.18 Å². The molecule has 1 aliphatic rings. The summed E-state index contributed by atoms with van der Waals surface area (Å²) in [6, 6.07) is 12.5. The first-order valence-electron chi connectivity index (χ1n) is 11.3. The van der Waals surface area contributed by atoms with E-state index >= 15 is 0 Å². The van der Waals surface area contributed by atoms with E-state index < -0.39 is 17.6 Å². The van der Waals surface area contributed by atoms with Crippen molar-refractivity contribution in [1.82, 2.24) is 10.2 Å². The van der Waals surface area contributed by atoms with Crippen molar-refractivity contribution in [3.8, 4) is 0 Å². The number of halogens is 3. The molecule has 3 rings (SSSR count). The summed E-state index contributed by atoms with van der Waals surface area (Å²) in [5.41, 5.74) is 7.26. The number of hydrogen-bond donors (Lipinski definition) is 2. The molecule has 0 bridgehead atoms. The Labute approximate surface area is 197 Å². The topological polar surface area (TPSA) is 78.7 Å². The van der Waals surface area contributed by atoms with Crippen molar-refractivity contribution in [2.24, 2.45) is 11.7 Å². The van der Waals surface area contributed by atoms with Gasteiger partial charge in [-0.2, -0.15) is 13.2 Å². The SMILES string of the molecule is CN(C)c1ccc(CN2CCC(C(=O)CNC(=O)c3cccc(C(F)(F)F)c3)CC2CN)cc1. The number of nitrogens with two attached hydrogens (primary N) is 1. The van der Waals surface area contributed by atoms with Gasteiger partial charge in [-0.05, 0) is 55.3 Å². The third-order valence-corrected chi connectivity index (χ3v) is 6.28. The van der Waals surface area contributed by atoms with Crippen LogP contribution in [0.4, 0.5) is 18.9 Å². The second-order valence-electron chi connectivity index (χ2n) is 8.87. The van der Waals surface area contributed by atoms with Gasteiger partial charge in [0.05, 0.1) is 12.1 Å². The van der Waals surface area contributed by atoms with Gasteiger partial charge in [0, 0.05) is 50.4 Å². The molecule has 2 aromatic carbocycles. The number of Topliss-reactive ketones (excluding diaryl/α,β-unsaturated/α-hetero) is 1. The zero-order chi connectivity index (χ0) is 24.9. The summed E-state index contributed by atoms with van der Waals surface area (Å²) in [5, 5.41) is 2.47. The van der Waals surface area contributed by atoms with Crippen LogP contribution in [0.2, 0.25) is 0 Å². The summed E-state index contributed by atoms with van der Waals surface area (Å²) in [6.07, 6.45) is -3.30. The van der Waals surface area contributed by atoms with Crippen molar-refractivity contribution in [1.29, 1.82) is 0 Å². The average Bonchev–Trinajstić information content (AvgIpc) is 2.82. The molecule has 1 saturated heterocycles. The summed E-state index contributed by atoms with van der Waals surface area (Å²) in [5.74, 6) is -1.08. The molecule has 9 heteroatoms. The Bertz CT molecular complexity index is 992. The van der Waals surface area contributed by atoms with E-state index in [4.69, 9.17) is 5.73 Å². The van der Waals surface area contributed by atoms with Crippen LogP contribution in [-0.2, 0) is 17.5 Å². The number of piperidine rings is 1. The van der Waals surface area contributed by atoms with Gasteiger partial charge in [-0.25, -0.2) is 0 Å². The van der Waals surface area contributed by atoms with Crippen molar-refractivity contribution in [2.45, 2.75) is 31.6 Å². The van der Waals surface area contributed by atoms with E-state index in [1.54, 1.807) is 0 Å². The highest BCUT2D eigenvalue weighted by molar-refractivity contribution is 5.97. The minimum Gasteiger partial charge on any atom is -0.378 e. The van der Waals surface area contributed by atoms with Gasteiger partial charge in [-0.3, -0.25) is 14.5 Å². The number of carbonyl (C=O) groups is 2. The quantitative estimate of drug-likeness (QED) is 0.611. The van der Waals surface area contributed by atoms with Crippen molar-refractivity contribution in [2.75, 3.05) is 38.6 Å². The summed E-state index contributed by atoms with van der Waals surface area (Å²) >= 11 is 0. The molecule has 0 radical (unpaired) electrons. The van der Waals surface area contributed by atoms with Crippen LogP contribution in [-0.4, -0.2) is 56.4 Å². The van der Waals surface area contributed by atoms with Crippen LogP contribution in [0, 0.1) is 5.92 Å². The van der Waals surface area contributed by atoms with E-state index in [1.165, 1.54) is 17.7 Å². The molecule has 1 fully saturated rings. The number of rotatable bonds is 8. The maximum Gasteiger partial charge on any atom is 0.416 e. The molecule has 1 aliphatic heterocycles. The highest BCUT2D eigenvalue weighted by Gasteiger charge is 2.32. The maximum absolute atomic E-state index is 12.9. The fourth-order valence-electron chi connectivity index (χ4n) is 4.23. The van der Waals surface area contributed by atoms with Gasteiger partial charge in [0.2, 0.25) is 0 Å². The van der Waals surface area contributed by atoms with Crippen molar-refractivity contribution >= 4 is 17.4 Å². The van der Waals surface area contributed by atoms with Crippen molar-refractivity contribution in [3.63, 3.8) is 0 Å². The van der Waals surface area contributed by atoms with E-state index in [9.17, 15) is 22.8 Å². The first-order chi connectivity index (χ1) is 16.1. The minimum absolute atomic E-state index is 0.0374. The smallest absolute Gasteiger partial charge is 0.378 e. The van der Waals surface area contributed by atoms with Gasteiger partial charge in [0.1, 0.15) is 0 Å². The lowest BCUT2D eigenvalue weighted by Gasteiger charge is -2.38. The van der Waals surface area contributed by atoms with Crippen molar-refractivity contribution in [3.05, 3.63) is 65.2 Å². The Balaban J connectivity index is 1.53. The van der Waals surface area contributed by atoms with E-state index in [2.05, 4.69) is 34.5 Å². The number of nitrogens with zero attached hydrogens (tertiary/aromatic N) is 2.